The quantitative estimate of drug-likeness (QED) is 0.651. The van der Waals surface area contributed by atoms with E-state index in [2.05, 4.69) is 4.90 Å². The summed E-state index contributed by atoms with van der Waals surface area (Å²) in [7, 11) is 3.15. The molecule has 1 heterocycles. The first-order valence-electron chi connectivity index (χ1n) is 7.21. The van der Waals surface area contributed by atoms with E-state index in [1.165, 1.54) is 18.9 Å². The summed E-state index contributed by atoms with van der Waals surface area (Å²) in [6.45, 7) is 2.16. The number of nitrogens with zero attached hydrogens (tertiary/aromatic N) is 1. The molecular formula is C16H23NO4S. The molecule has 0 saturated carbocycles. The Hall–Kier alpha value is -0.920. The smallest absolute Gasteiger partial charge is 0.172 e. The molecule has 2 rings (SSSR count). The third kappa shape index (κ3) is 4.79. The Labute approximate surface area is 135 Å². The first kappa shape index (κ1) is 17.4. The molecule has 0 aromatic heterocycles. The molecule has 2 atom stereocenters. The topological polar surface area (TPSA) is 59.0 Å². The highest BCUT2D eigenvalue weighted by molar-refractivity contribution is 8.08. The average molecular weight is 325 g/mol. The summed E-state index contributed by atoms with van der Waals surface area (Å²) in [5.41, 5.74) is 0.712. The second kappa shape index (κ2) is 8.08. The molecule has 0 radical (unpaired) electrons. The van der Waals surface area contributed by atoms with Crippen molar-refractivity contribution in [2.24, 2.45) is 0 Å². The fourth-order valence-electron chi connectivity index (χ4n) is 2.54. The van der Waals surface area contributed by atoms with Crippen LogP contribution in [-0.2, 0) is 20.8 Å². The van der Waals surface area contributed by atoms with Crippen LogP contribution in [0.15, 0.2) is 30.3 Å². The highest BCUT2D eigenvalue weighted by Crippen LogP contribution is 2.52. The van der Waals surface area contributed by atoms with Crippen LogP contribution >= 0.6 is 11.8 Å². The standard InChI is InChI=1S/C16H23NO4S/c1-20-10-14(18)9-17(8-13-6-4-3-5-7-13)11-16(12-21-2)15(19)22-16/h3-7,15,19H,8-12H2,1-2H3/t15?,16-/m0/s1. The number of aliphatic hydroxyl groups is 1. The lowest BCUT2D eigenvalue weighted by Gasteiger charge is -2.26. The van der Waals surface area contributed by atoms with Crippen molar-refractivity contribution in [3.05, 3.63) is 35.9 Å². The maximum absolute atomic E-state index is 11.9. The number of thioether (sulfide) groups is 1. The van der Waals surface area contributed by atoms with Crippen molar-refractivity contribution in [1.82, 2.24) is 4.90 Å². The lowest BCUT2D eigenvalue weighted by Crippen LogP contribution is -2.41. The van der Waals surface area contributed by atoms with Gasteiger partial charge >= 0.3 is 0 Å². The number of aliphatic hydroxyl groups excluding tert-OH is 1. The van der Waals surface area contributed by atoms with Crippen LogP contribution in [0.2, 0.25) is 0 Å². The van der Waals surface area contributed by atoms with E-state index in [0.29, 0.717) is 26.2 Å². The van der Waals surface area contributed by atoms with Crippen LogP contribution in [0.25, 0.3) is 0 Å². The van der Waals surface area contributed by atoms with Gasteiger partial charge in [-0.1, -0.05) is 30.3 Å². The number of carbonyl (C=O) groups excluding carboxylic acids is 1. The van der Waals surface area contributed by atoms with E-state index in [-0.39, 0.29) is 17.1 Å². The van der Waals surface area contributed by atoms with Gasteiger partial charge in [0, 0.05) is 27.3 Å². The predicted molar refractivity (Wildman–Crippen MR) is 86.8 cm³/mol. The molecule has 1 aliphatic rings. The van der Waals surface area contributed by atoms with Crippen molar-refractivity contribution in [1.29, 1.82) is 0 Å². The molecular weight excluding hydrogens is 302 g/mol. The van der Waals surface area contributed by atoms with Gasteiger partial charge in [0.15, 0.2) is 5.78 Å². The fraction of sp³-hybridized carbons (Fsp3) is 0.562. The lowest BCUT2D eigenvalue weighted by atomic mass is 10.1. The Morgan fingerprint density at radius 3 is 2.55 bits per heavy atom. The van der Waals surface area contributed by atoms with Gasteiger partial charge in [-0.2, -0.15) is 0 Å². The molecule has 5 nitrogen and oxygen atoms in total. The molecule has 1 unspecified atom stereocenters. The molecule has 1 aromatic rings. The van der Waals surface area contributed by atoms with Crippen molar-refractivity contribution in [2.75, 3.05) is 40.5 Å². The van der Waals surface area contributed by atoms with Crippen molar-refractivity contribution in [2.45, 2.75) is 16.7 Å². The summed E-state index contributed by atoms with van der Waals surface area (Å²) in [5, 5.41) is 9.91. The summed E-state index contributed by atoms with van der Waals surface area (Å²) in [6.07, 6.45) is 0. The molecule has 1 N–H and O–H groups in total. The maximum atomic E-state index is 11.9. The fourth-order valence-corrected chi connectivity index (χ4v) is 3.50. The molecule has 0 spiro atoms. The molecule has 22 heavy (non-hydrogen) atoms. The van der Waals surface area contributed by atoms with Crippen LogP contribution in [0.1, 0.15) is 5.56 Å². The molecule has 1 fully saturated rings. The van der Waals surface area contributed by atoms with E-state index >= 15 is 0 Å². The second-order valence-corrected chi connectivity index (χ2v) is 7.07. The molecule has 0 amide bonds. The lowest BCUT2D eigenvalue weighted by molar-refractivity contribution is -0.124. The first-order valence-corrected chi connectivity index (χ1v) is 8.09. The number of methoxy groups -OCH3 is 2. The van der Waals surface area contributed by atoms with E-state index in [1.54, 1.807) is 7.11 Å². The second-order valence-electron chi connectivity index (χ2n) is 5.57. The Balaban J connectivity index is 2.02. The number of rotatable bonds is 10. The van der Waals surface area contributed by atoms with Gasteiger partial charge in [-0.15, -0.1) is 11.8 Å². The monoisotopic (exact) mass is 325 g/mol. The van der Waals surface area contributed by atoms with Crippen LogP contribution in [0.4, 0.5) is 0 Å². The zero-order valence-electron chi connectivity index (χ0n) is 13.0. The Morgan fingerprint density at radius 1 is 1.32 bits per heavy atom. The largest absolute Gasteiger partial charge is 0.383 e. The van der Waals surface area contributed by atoms with Crippen molar-refractivity contribution < 1.29 is 19.4 Å². The minimum Gasteiger partial charge on any atom is -0.383 e. The zero-order valence-corrected chi connectivity index (χ0v) is 13.8. The van der Waals surface area contributed by atoms with Crippen molar-refractivity contribution >= 4 is 17.5 Å². The van der Waals surface area contributed by atoms with Gasteiger partial charge in [-0.3, -0.25) is 9.69 Å². The van der Waals surface area contributed by atoms with Gasteiger partial charge < -0.3 is 14.6 Å². The summed E-state index contributed by atoms with van der Waals surface area (Å²) >= 11 is 1.49. The first-order chi connectivity index (χ1) is 10.6. The van der Waals surface area contributed by atoms with E-state index in [4.69, 9.17) is 9.47 Å². The third-order valence-corrected chi connectivity index (χ3v) is 4.93. The van der Waals surface area contributed by atoms with Gasteiger partial charge in [0.25, 0.3) is 0 Å². The Bertz CT molecular complexity index is 484. The van der Waals surface area contributed by atoms with Gasteiger partial charge in [-0.05, 0) is 5.56 Å². The minimum atomic E-state index is -0.428. The molecule has 6 heteroatoms. The number of Topliss-reactive ketones (excluding diaryl/α,β-unsaturated/α-hetero) is 1. The van der Waals surface area contributed by atoms with E-state index in [9.17, 15) is 9.90 Å². The Kier molecular flexibility index (Phi) is 6.40. The number of carbonyl (C=O) groups is 1. The molecule has 0 bridgehead atoms. The van der Waals surface area contributed by atoms with Gasteiger partial charge in [0.1, 0.15) is 12.0 Å². The number of hydrogen-bond acceptors (Lipinski definition) is 6. The third-order valence-electron chi connectivity index (χ3n) is 3.57. The SMILES string of the molecule is COCC(=O)CN(Cc1ccccc1)C[C@@]1(COC)SC1O. The molecule has 1 aliphatic heterocycles. The number of benzene rings is 1. The predicted octanol–water partition coefficient (Wildman–Crippen LogP) is 1.15. The van der Waals surface area contributed by atoms with E-state index in [0.717, 1.165) is 5.56 Å². The van der Waals surface area contributed by atoms with Crippen LogP contribution in [-0.4, -0.2) is 66.5 Å². The zero-order chi connectivity index (χ0) is 16.0. The van der Waals surface area contributed by atoms with Crippen LogP contribution in [0, 0.1) is 0 Å². The molecule has 122 valence electrons. The van der Waals surface area contributed by atoms with E-state index < -0.39 is 5.44 Å². The highest BCUT2D eigenvalue weighted by Gasteiger charge is 2.56. The van der Waals surface area contributed by atoms with Crippen LogP contribution in [0.5, 0.6) is 0 Å². The van der Waals surface area contributed by atoms with Gasteiger partial charge in [0.2, 0.25) is 0 Å². The number of ketones is 1. The molecule has 0 aliphatic carbocycles. The summed E-state index contributed by atoms with van der Waals surface area (Å²) in [5.74, 6) is 0.0335. The van der Waals surface area contributed by atoms with Gasteiger partial charge in [-0.25, -0.2) is 0 Å². The van der Waals surface area contributed by atoms with Crippen LogP contribution in [0.3, 0.4) is 0 Å². The minimum absolute atomic E-state index is 0.0335. The molecule has 1 saturated heterocycles. The molecule has 1 aromatic carbocycles. The number of ether oxygens (including phenoxy) is 2. The highest BCUT2D eigenvalue weighted by atomic mass is 32.2. The van der Waals surface area contributed by atoms with Gasteiger partial charge in [0.05, 0.1) is 17.9 Å². The van der Waals surface area contributed by atoms with Crippen molar-refractivity contribution in [3.63, 3.8) is 0 Å². The van der Waals surface area contributed by atoms with Crippen molar-refractivity contribution in [3.8, 4) is 0 Å². The number of hydrogen-bond donors (Lipinski definition) is 1. The average Bonchev–Trinajstić information content (AvgIpc) is 3.09. The summed E-state index contributed by atoms with van der Waals surface area (Å²) < 4.78 is 9.82. The summed E-state index contributed by atoms with van der Waals surface area (Å²) in [4.78, 5) is 14.0. The Morgan fingerprint density at radius 2 is 2.00 bits per heavy atom. The normalized spacial score (nSPS) is 23.7. The van der Waals surface area contributed by atoms with Crippen LogP contribution < -0.4 is 0 Å². The summed E-state index contributed by atoms with van der Waals surface area (Å²) in [6, 6.07) is 10.0. The van der Waals surface area contributed by atoms with E-state index in [1.807, 2.05) is 30.3 Å². The maximum Gasteiger partial charge on any atom is 0.172 e.